The molecule has 0 fully saturated rings. The first-order valence-corrected chi connectivity index (χ1v) is 10.8. The average molecular weight is 463 g/mol. The maximum absolute atomic E-state index is 13.0. The number of hydrogen-bond donors (Lipinski definition) is 1. The van der Waals surface area contributed by atoms with Crippen molar-refractivity contribution < 1.29 is 18.0 Å². The zero-order chi connectivity index (χ0) is 23.0. The molecule has 3 atom stereocenters. The predicted molar refractivity (Wildman–Crippen MR) is 116 cm³/mol. The molecular weight excluding hydrogens is 441 g/mol. The van der Waals surface area contributed by atoms with Gasteiger partial charge >= 0.3 is 6.18 Å². The van der Waals surface area contributed by atoms with Crippen LogP contribution in [0.2, 0.25) is 0 Å². The van der Waals surface area contributed by atoms with Crippen molar-refractivity contribution in [1.82, 2.24) is 24.8 Å². The third-order valence-electron chi connectivity index (χ3n) is 5.39. The highest BCUT2D eigenvalue weighted by molar-refractivity contribution is 7.15. The molecule has 168 valence electrons. The Morgan fingerprint density at radius 3 is 2.81 bits per heavy atom. The van der Waals surface area contributed by atoms with Gasteiger partial charge in [-0.25, -0.2) is 19.9 Å². The topological polar surface area (TPSA) is 85.1 Å². The highest BCUT2D eigenvalue weighted by atomic mass is 32.1. The van der Waals surface area contributed by atoms with Gasteiger partial charge in [-0.1, -0.05) is 24.3 Å². The molecule has 1 N–H and O–H groups in total. The van der Waals surface area contributed by atoms with Crippen molar-refractivity contribution in [2.24, 2.45) is 23.9 Å². The molecule has 11 heteroatoms. The van der Waals surface area contributed by atoms with Crippen molar-refractivity contribution in [1.29, 1.82) is 0 Å². The number of pyridine rings is 1. The van der Waals surface area contributed by atoms with Gasteiger partial charge in [0.15, 0.2) is 0 Å². The number of rotatable bonds is 4. The Bertz CT molecular complexity index is 1210. The fraction of sp³-hybridized carbons (Fsp3) is 0.381. The lowest BCUT2D eigenvalue weighted by Crippen LogP contribution is -2.31. The summed E-state index contributed by atoms with van der Waals surface area (Å²) in [4.78, 5) is 30.4. The van der Waals surface area contributed by atoms with Crippen LogP contribution in [0, 0.1) is 11.8 Å². The summed E-state index contributed by atoms with van der Waals surface area (Å²) in [5.41, 5.74) is 2.34. The number of aromatic nitrogens is 4. The Balaban J connectivity index is 1.44. The standard InChI is InChI=1S/C21H21F3N6OS/c1-11-6-13(4-5-14(11)21(22,23)24)29-20-26-9-18(32-20)12(2)28-19(31)15-7-17-16(8-25-15)27-10-30(17)3/h4-5,7-12,14H,6H2,1-3H3,(H,28,31). The van der Waals surface area contributed by atoms with Crippen molar-refractivity contribution in [3.8, 4) is 0 Å². The van der Waals surface area contributed by atoms with Crippen LogP contribution in [0.15, 0.2) is 41.9 Å². The fourth-order valence-corrected chi connectivity index (χ4v) is 4.41. The van der Waals surface area contributed by atoms with E-state index < -0.39 is 18.0 Å². The number of carbonyl (C=O) groups excluding carboxylic acids is 1. The number of hydrogen-bond acceptors (Lipinski definition) is 6. The first-order valence-electron chi connectivity index (χ1n) is 9.98. The van der Waals surface area contributed by atoms with Crippen LogP contribution >= 0.6 is 11.3 Å². The van der Waals surface area contributed by atoms with Gasteiger partial charge in [0.25, 0.3) is 5.91 Å². The molecule has 0 radical (unpaired) electrons. The molecule has 1 amide bonds. The Kier molecular flexibility index (Phi) is 5.85. The highest BCUT2D eigenvalue weighted by Gasteiger charge is 2.42. The molecule has 32 heavy (non-hydrogen) atoms. The van der Waals surface area contributed by atoms with Crippen LogP contribution in [0.25, 0.3) is 11.0 Å². The normalized spacial score (nSPS) is 21.2. The van der Waals surface area contributed by atoms with Crippen molar-refractivity contribution >= 4 is 39.1 Å². The zero-order valence-electron chi connectivity index (χ0n) is 17.6. The molecule has 3 unspecified atom stereocenters. The van der Waals surface area contributed by atoms with E-state index in [1.807, 2.05) is 18.5 Å². The summed E-state index contributed by atoms with van der Waals surface area (Å²) in [5, 5.41) is 3.32. The zero-order valence-corrected chi connectivity index (χ0v) is 18.4. The number of aryl methyl sites for hydroxylation is 1. The van der Waals surface area contributed by atoms with E-state index >= 15 is 0 Å². The molecule has 7 nitrogen and oxygen atoms in total. The minimum Gasteiger partial charge on any atom is -0.343 e. The van der Waals surface area contributed by atoms with Crippen molar-refractivity contribution in [2.75, 3.05) is 0 Å². The van der Waals surface area contributed by atoms with Gasteiger partial charge in [-0.05, 0) is 31.4 Å². The first-order chi connectivity index (χ1) is 15.1. The van der Waals surface area contributed by atoms with Crippen LogP contribution < -0.4 is 5.32 Å². The minimum absolute atomic E-state index is 0.226. The summed E-state index contributed by atoms with van der Waals surface area (Å²) in [6.07, 6.45) is 3.38. The summed E-state index contributed by atoms with van der Waals surface area (Å²) in [6, 6.07) is 1.34. The SMILES string of the molecule is CC(NC(=O)c1cc2c(cn1)ncn2C)c1cnc(N=C2C=CC(C(F)(F)F)C(C)C2)s1. The number of thiazole rings is 1. The van der Waals surface area contributed by atoms with Crippen LogP contribution in [-0.4, -0.2) is 37.3 Å². The van der Waals surface area contributed by atoms with Crippen molar-refractivity contribution in [2.45, 2.75) is 32.5 Å². The quantitative estimate of drug-likeness (QED) is 0.606. The molecule has 3 aromatic rings. The van der Waals surface area contributed by atoms with E-state index in [-0.39, 0.29) is 24.1 Å². The lowest BCUT2D eigenvalue weighted by atomic mass is 9.84. The monoisotopic (exact) mass is 462 g/mol. The Morgan fingerprint density at radius 1 is 1.31 bits per heavy atom. The molecule has 0 bridgehead atoms. The lowest BCUT2D eigenvalue weighted by molar-refractivity contribution is -0.172. The maximum atomic E-state index is 13.0. The Labute approximate surface area is 186 Å². The number of allylic oxidation sites excluding steroid dienone is 2. The number of alkyl halides is 3. The molecule has 0 saturated heterocycles. The van der Waals surface area contributed by atoms with Crippen molar-refractivity contribution in [3.63, 3.8) is 0 Å². The summed E-state index contributed by atoms with van der Waals surface area (Å²) < 4.78 is 40.8. The molecule has 0 saturated carbocycles. The van der Waals surface area contributed by atoms with Gasteiger partial charge in [-0.15, -0.1) is 0 Å². The van der Waals surface area contributed by atoms with Crippen LogP contribution in [-0.2, 0) is 7.05 Å². The third kappa shape index (κ3) is 4.57. The summed E-state index contributed by atoms with van der Waals surface area (Å²) >= 11 is 1.28. The van der Waals surface area contributed by atoms with E-state index in [0.717, 1.165) is 16.5 Å². The number of amides is 1. The second-order valence-electron chi connectivity index (χ2n) is 7.87. The van der Waals surface area contributed by atoms with Crippen LogP contribution in [0.4, 0.5) is 18.3 Å². The smallest absolute Gasteiger partial charge is 0.343 e. The van der Waals surface area contributed by atoms with Gasteiger partial charge in [0.1, 0.15) is 11.2 Å². The highest BCUT2D eigenvalue weighted by Crippen LogP contribution is 2.38. The van der Waals surface area contributed by atoms with E-state index in [2.05, 4.69) is 25.3 Å². The number of nitrogens with zero attached hydrogens (tertiary/aromatic N) is 5. The summed E-state index contributed by atoms with van der Waals surface area (Å²) in [5.74, 6) is -2.37. The second-order valence-corrected chi connectivity index (χ2v) is 8.91. The fourth-order valence-electron chi connectivity index (χ4n) is 3.59. The third-order valence-corrected chi connectivity index (χ3v) is 6.46. The van der Waals surface area contributed by atoms with E-state index in [1.54, 1.807) is 31.7 Å². The van der Waals surface area contributed by atoms with Gasteiger partial charge in [0.2, 0.25) is 5.13 Å². The number of halogens is 3. The Morgan fingerprint density at radius 2 is 2.09 bits per heavy atom. The molecule has 0 spiro atoms. The largest absolute Gasteiger partial charge is 0.395 e. The predicted octanol–water partition coefficient (Wildman–Crippen LogP) is 4.76. The molecule has 4 rings (SSSR count). The molecule has 3 heterocycles. The van der Waals surface area contributed by atoms with Crippen LogP contribution in [0.5, 0.6) is 0 Å². The van der Waals surface area contributed by atoms with E-state index in [9.17, 15) is 18.0 Å². The second kappa shape index (κ2) is 8.45. The number of imidazole rings is 1. The van der Waals surface area contributed by atoms with E-state index in [4.69, 9.17) is 0 Å². The van der Waals surface area contributed by atoms with Crippen LogP contribution in [0.1, 0.15) is 41.7 Å². The van der Waals surface area contributed by atoms with Gasteiger partial charge in [0.05, 0.1) is 30.0 Å². The van der Waals surface area contributed by atoms with Gasteiger partial charge in [0, 0.05) is 23.8 Å². The summed E-state index contributed by atoms with van der Waals surface area (Å²) in [7, 11) is 1.84. The van der Waals surface area contributed by atoms with Gasteiger partial charge in [-0.3, -0.25) is 4.79 Å². The number of fused-ring (bicyclic) bond motifs is 1. The van der Waals surface area contributed by atoms with Gasteiger partial charge in [-0.2, -0.15) is 13.2 Å². The molecule has 3 aromatic heterocycles. The number of carbonyl (C=O) groups is 1. The molecule has 1 aliphatic rings. The molecule has 1 aliphatic carbocycles. The lowest BCUT2D eigenvalue weighted by Gasteiger charge is -2.26. The molecule has 0 aliphatic heterocycles. The van der Waals surface area contributed by atoms with Crippen LogP contribution in [0.3, 0.4) is 0 Å². The summed E-state index contributed by atoms with van der Waals surface area (Å²) in [6.45, 7) is 3.39. The Hall–Kier alpha value is -3.08. The van der Waals surface area contributed by atoms with Gasteiger partial charge < -0.3 is 9.88 Å². The minimum atomic E-state index is -4.25. The number of nitrogens with one attached hydrogen (secondary N) is 1. The molecule has 0 aromatic carbocycles. The first kappa shape index (κ1) is 22.1. The van der Waals surface area contributed by atoms with Crippen molar-refractivity contribution in [3.05, 3.63) is 47.5 Å². The number of aliphatic imine (C=N–C) groups is 1. The van der Waals surface area contributed by atoms with E-state index in [0.29, 0.717) is 16.4 Å². The maximum Gasteiger partial charge on any atom is 0.395 e. The molecular formula is C21H21F3N6OS. The average Bonchev–Trinajstić information content (AvgIpc) is 3.34. The van der Waals surface area contributed by atoms with E-state index in [1.165, 1.54) is 17.4 Å².